The van der Waals surface area contributed by atoms with Crippen molar-refractivity contribution in [2.75, 3.05) is 19.6 Å². The fraction of sp³-hybridized carbons (Fsp3) is 0.324. The molecule has 0 spiro atoms. The Morgan fingerprint density at radius 1 is 0.976 bits per heavy atom. The van der Waals surface area contributed by atoms with Gasteiger partial charge in [-0.1, -0.05) is 74.5 Å². The van der Waals surface area contributed by atoms with Gasteiger partial charge in [-0.3, -0.25) is 14.5 Å². The van der Waals surface area contributed by atoms with Gasteiger partial charge in [-0.25, -0.2) is 4.79 Å². The molecule has 4 amide bonds. The molecule has 0 saturated carbocycles. The fourth-order valence-corrected chi connectivity index (χ4v) is 5.65. The molecule has 0 radical (unpaired) electrons. The Bertz CT molecular complexity index is 1450. The van der Waals surface area contributed by atoms with E-state index >= 15 is 0 Å². The third-order valence-electron chi connectivity index (χ3n) is 7.67. The second-order valence-corrected chi connectivity index (χ2v) is 11.1. The molecule has 42 heavy (non-hydrogen) atoms. The molecule has 2 N–H and O–H groups in total. The molecule has 0 bridgehead atoms. The van der Waals surface area contributed by atoms with E-state index in [1.807, 2.05) is 106 Å². The summed E-state index contributed by atoms with van der Waals surface area (Å²) in [7, 11) is 0. The monoisotopic (exact) mass is 566 g/mol. The molecule has 0 aliphatic carbocycles. The van der Waals surface area contributed by atoms with Crippen LogP contribution < -0.4 is 15.4 Å². The zero-order chi connectivity index (χ0) is 29.6. The zero-order valence-electron chi connectivity index (χ0n) is 24.4. The lowest BCUT2D eigenvalue weighted by Gasteiger charge is -2.33. The summed E-state index contributed by atoms with van der Waals surface area (Å²) in [6.45, 7) is 7.06. The summed E-state index contributed by atoms with van der Waals surface area (Å²) in [4.78, 5) is 44.2. The molecule has 2 aliphatic heterocycles. The van der Waals surface area contributed by atoms with Crippen molar-refractivity contribution in [1.82, 2.24) is 20.4 Å². The van der Waals surface area contributed by atoms with Crippen molar-refractivity contribution < 1.29 is 19.1 Å². The van der Waals surface area contributed by atoms with Gasteiger partial charge in [0.25, 0.3) is 5.91 Å². The second-order valence-electron chi connectivity index (χ2n) is 11.1. The number of carbonyl (C=O) groups is 3. The zero-order valence-corrected chi connectivity index (χ0v) is 24.4. The number of nitrogens with one attached hydrogen (secondary N) is 2. The fourth-order valence-electron chi connectivity index (χ4n) is 5.65. The highest BCUT2D eigenvalue weighted by molar-refractivity contribution is 6.03. The highest BCUT2D eigenvalue weighted by Crippen LogP contribution is 2.38. The molecule has 3 aromatic carbocycles. The van der Waals surface area contributed by atoms with Crippen LogP contribution in [0, 0.1) is 5.92 Å². The van der Waals surface area contributed by atoms with Crippen molar-refractivity contribution in [2.45, 2.75) is 45.7 Å². The lowest BCUT2D eigenvalue weighted by atomic mass is 9.95. The number of nitrogens with zero attached hydrogens (tertiary/aromatic N) is 2. The van der Waals surface area contributed by atoms with Crippen LogP contribution >= 0.6 is 0 Å². The molecule has 5 rings (SSSR count). The van der Waals surface area contributed by atoms with Crippen molar-refractivity contribution in [2.24, 2.45) is 5.92 Å². The smallest absolute Gasteiger partial charge is 0.322 e. The number of amides is 4. The van der Waals surface area contributed by atoms with Crippen LogP contribution in [0.3, 0.4) is 0 Å². The summed E-state index contributed by atoms with van der Waals surface area (Å²) in [6, 6.07) is 25.3. The normalized spacial score (nSPS) is 17.3. The number of likely N-dealkylation sites (N-methyl/N-ethyl adjacent to an activating group) is 1. The van der Waals surface area contributed by atoms with E-state index in [-0.39, 0.29) is 30.3 Å². The van der Waals surface area contributed by atoms with Gasteiger partial charge in [-0.15, -0.1) is 0 Å². The quantitative estimate of drug-likeness (QED) is 0.324. The van der Waals surface area contributed by atoms with E-state index in [2.05, 4.69) is 10.6 Å². The number of urea groups is 1. The van der Waals surface area contributed by atoms with Gasteiger partial charge in [0.1, 0.15) is 17.5 Å². The first kappa shape index (κ1) is 28.9. The van der Waals surface area contributed by atoms with Gasteiger partial charge in [0.05, 0.1) is 23.9 Å². The van der Waals surface area contributed by atoms with Crippen LogP contribution in [0.5, 0.6) is 11.5 Å². The van der Waals surface area contributed by atoms with Gasteiger partial charge in [-0.2, -0.15) is 0 Å². The first-order chi connectivity index (χ1) is 20.4. The third-order valence-corrected chi connectivity index (χ3v) is 7.67. The number of ether oxygens (including phenoxy) is 1. The van der Waals surface area contributed by atoms with Crippen LogP contribution in [-0.2, 0) is 16.0 Å². The van der Waals surface area contributed by atoms with Crippen LogP contribution in [-0.4, -0.2) is 53.3 Å². The Labute approximate surface area is 247 Å². The number of hydrogen-bond donors (Lipinski definition) is 2. The van der Waals surface area contributed by atoms with E-state index in [0.717, 1.165) is 11.1 Å². The molecular formula is C34H38N4O4. The average Bonchev–Trinajstić information content (AvgIpc) is 3.33. The van der Waals surface area contributed by atoms with E-state index in [1.165, 1.54) is 0 Å². The molecule has 2 heterocycles. The van der Waals surface area contributed by atoms with Crippen LogP contribution in [0.1, 0.15) is 44.4 Å². The molecule has 2 atom stereocenters. The predicted octanol–water partition coefficient (Wildman–Crippen LogP) is 5.44. The van der Waals surface area contributed by atoms with Crippen LogP contribution in [0.2, 0.25) is 0 Å². The average molecular weight is 567 g/mol. The summed E-state index contributed by atoms with van der Waals surface area (Å²) in [5.41, 5.74) is 3.02. The maximum Gasteiger partial charge on any atom is 0.322 e. The lowest BCUT2D eigenvalue weighted by Crippen LogP contribution is -2.49. The largest absolute Gasteiger partial charge is 0.457 e. The summed E-state index contributed by atoms with van der Waals surface area (Å²) < 4.78 is 6.03. The third kappa shape index (κ3) is 6.33. The molecule has 8 nitrogen and oxygen atoms in total. The molecule has 218 valence electrons. The molecule has 0 fully saturated rings. The Hall–Kier alpha value is -4.59. The van der Waals surface area contributed by atoms with Gasteiger partial charge in [-0.05, 0) is 61.1 Å². The van der Waals surface area contributed by atoms with Crippen LogP contribution in [0.4, 0.5) is 4.79 Å². The summed E-state index contributed by atoms with van der Waals surface area (Å²) in [5, 5.41) is 6.09. The molecule has 2 aliphatic rings. The number of hydrogen-bond acceptors (Lipinski definition) is 4. The summed E-state index contributed by atoms with van der Waals surface area (Å²) >= 11 is 0. The van der Waals surface area contributed by atoms with Crippen molar-refractivity contribution in [3.05, 3.63) is 107 Å². The first-order valence-corrected chi connectivity index (χ1v) is 14.6. The molecule has 8 heteroatoms. The van der Waals surface area contributed by atoms with Crippen molar-refractivity contribution in [1.29, 1.82) is 0 Å². The standard InChI is InChI=1S/C34H38N4O4/c1-4-37-29-22-38(28(20-23(2)3)32(39)35-19-18-24-12-7-5-8-13-24)33(40)30(29)31(36-34(37)41)25-14-11-17-27(21-25)42-26-15-9-6-10-16-26/h5-17,21,23,28,31H,4,18-20,22H2,1-3H3,(H,35,39)(H,36,41)/t28-,31-/m0/s1. The molecule has 3 aromatic rings. The van der Waals surface area contributed by atoms with E-state index in [0.29, 0.717) is 48.7 Å². The Kier molecular flexibility index (Phi) is 8.91. The summed E-state index contributed by atoms with van der Waals surface area (Å²) in [6.07, 6.45) is 1.22. The Morgan fingerprint density at radius 2 is 1.67 bits per heavy atom. The van der Waals surface area contributed by atoms with Gasteiger partial charge < -0.3 is 20.3 Å². The number of benzene rings is 3. The minimum atomic E-state index is -0.659. The number of carbonyl (C=O) groups excluding carboxylic acids is 3. The lowest BCUT2D eigenvalue weighted by molar-refractivity contribution is -0.137. The van der Waals surface area contributed by atoms with Crippen molar-refractivity contribution in [3.8, 4) is 11.5 Å². The number of rotatable bonds is 11. The molecule has 0 unspecified atom stereocenters. The van der Waals surface area contributed by atoms with E-state index in [9.17, 15) is 14.4 Å². The Morgan fingerprint density at radius 3 is 2.36 bits per heavy atom. The van der Waals surface area contributed by atoms with Gasteiger partial charge in [0.2, 0.25) is 5.91 Å². The minimum Gasteiger partial charge on any atom is -0.457 e. The molecule has 0 aromatic heterocycles. The van der Waals surface area contributed by atoms with E-state index in [1.54, 1.807) is 9.80 Å². The SMILES string of the molecule is CCN1C(=O)N[C@@H](c2cccc(Oc3ccccc3)c2)C2=C1CN([C@@H](CC(C)C)C(=O)NCCc1ccccc1)C2=O. The van der Waals surface area contributed by atoms with Crippen molar-refractivity contribution in [3.63, 3.8) is 0 Å². The molecule has 0 saturated heterocycles. The maximum atomic E-state index is 14.2. The predicted molar refractivity (Wildman–Crippen MR) is 162 cm³/mol. The van der Waals surface area contributed by atoms with Crippen LogP contribution in [0.25, 0.3) is 0 Å². The number of para-hydroxylation sites is 1. The Balaban J connectivity index is 1.39. The first-order valence-electron chi connectivity index (χ1n) is 14.6. The summed E-state index contributed by atoms with van der Waals surface area (Å²) in [5.74, 6) is 1.07. The minimum absolute atomic E-state index is 0.176. The maximum absolute atomic E-state index is 14.2. The van der Waals surface area contributed by atoms with E-state index < -0.39 is 12.1 Å². The van der Waals surface area contributed by atoms with E-state index in [4.69, 9.17) is 4.74 Å². The van der Waals surface area contributed by atoms with Gasteiger partial charge >= 0.3 is 6.03 Å². The second kappa shape index (κ2) is 12.9. The topological polar surface area (TPSA) is 91.0 Å². The van der Waals surface area contributed by atoms with Crippen molar-refractivity contribution >= 4 is 17.8 Å². The van der Waals surface area contributed by atoms with Crippen LogP contribution in [0.15, 0.2) is 96.2 Å². The van der Waals surface area contributed by atoms with Gasteiger partial charge in [0, 0.05) is 13.1 Å². The molecular weight excluding hydrogens is 528 g/mol. The van der Waals surface area contributed by atoms with Gasteiger partial charge in [0.15, 0.2) is 0 Å². The highest BCUT2D eigenvalue weighted by Gasteiger charge is 2.46. The highest BCUT2D eigenvalue weighted by atomic mass is 16.5.